The minimum Gasteiger partial charge on any atom is -0.299 e. The summed E-state index contributed by atoms with van der Waals surface area (Å²) in [6.07, 6.45) is 73.7. The van der Waals surface area contributed by atoms with Gasteiger partial charge in [-0.25, -0.2) is 0 Å². The van der Waals surface area contributed by atoms with Crippen LogP contribution in [0.15, 0.2) is 0 Å². The zero-order valence-electron chi connectivity index (χ0n) is 43.5. The molecule has 0 aliphatic carbocycles. The summed E-state index contributed by atoms with van der Waals surface area (Å²) in [6.45, 7) is 9.27. The molecule has 1 heteroatoms. The van der Waals surface area contributed by atoms with Gasteiger partial charge in [0.05, 0.1) is 0 Å². The molecule has 0 aliphatic rings. The second kappa shape index (κ2) is 54.0. The van der Waals surface area contributed by atoms with Crippen LogP contribution in [0.1, 0.15) is 368 Å². The molecule has 2 atom stereocenters. The molecule has 0 saturated heterocycles. The van der Waals surface area contributed by atoms with Crippen LogP contribution in [0.25, 0.3) is 0 Å². The van der Waals surface area contributed by atoms with Crippen LogP contribution in [0.4, 0.5) is 0 Å². The number of Topliss-reactive ketones (excluding diaryl/α,β-unsaturated/α-hetero) is 1. The van der Waals surface area contributed by atoms with Crippen molar-refractivity contribution < 1.29 is 4.79 Å². The number of hydrogen-bond acceptors (Lipinski definition) is 1. The highest BCUT2D eigenvalue weighted by Gasteiger charge is 2.27. The van der Waals surface area contributed by atoms with Crippen LogP contribution in [0.2, 0.25) is 0 Å². The van der Waals surface area contributed by atoms with Crippen LogP contribution in [-0.4, -0.2) is 5.78 Å². The van der Waals surface area contributed by atoms with Gasteiger partial charge in [-0.3, -0.25) is 4.79 Å². The van der Waals surface area contributed by atoms with E-state index in [1.807, 2.05) is 0 Å². The van der Waals surface area contributed by atoms with Gasteiger partial charge in [-0.05, 0) is 31.6 Å². The molecule has 61 heavy (non-hydrogen) atoms. The molecule has 0 fully saturated rings. The van der Waals surface area contributed by atoms with Crippen molar-refractivity contribution in [2.24, 2.45) is 11.8 Å². The summed E-state index contributed by atoms with van der Waals surface area (Å²) in [7, 11) is 0. The lowest BCUT2D eigenvalue weighted by molar-refractivity contribution is -0.125. The third-order valence-electron chi connectivity index (χ3n) is 14.7. The topological polar surface area (TPSA) is 17.1 Å². The molecule has 0 spiro atoms. The molecule has 0 heterocycles. The van der Waals surface area contributed by atoms with E-state index in [9.17, 15) is 4.79 Å². The van der Waals surface area contributed by atoms with E-state index in [2.05, 4.69) is 27.7 Å². The number of ketones is 1. The SMILES string of the molecule is CCCCCCCCCCCCCCCCC(CCCCCCCCCCCC)C(CCCCCCCCCCCCCCCC)C(=O)CCCCCCCCCCCCC. The van der Waals surface area contributed by atoms with Gasteiger partial charge in [0.1, 0.15) is 5.78 Å². The predicted octanol–water partition coefficient (Wildman–Crippen LogP) is 22.5. The van der Waals surface area contributed by atoms with E-state index in [1.54, 1.807) is 0 Å². The first-order valence-electron chi connectivity index (χ1n) is 29.7. The molecule has 0 rings (SSSR count). The van der Waals surface area contributed by atoms with E-state index in [0.717, 1.165) is 12.8 Å². The van der Waals surface area contributed by atoms with E-state index < -0.39 is 0 Å². The van der Waals surface area contributed by atoms with E-state index in [4.69, 9.17) is 0 Å². The summed E-state index contributed by atoms with van der Waals surface area (Å²) in [5.74, 6) is 1.67. The molecule has 0 saturated carbocycles. The zero-order chi connectivity index (χ0) is 44.2. The molecule has 0 aliphatic heterocycles. The highest BCUT2D eigenvalue weighted by atomic mass is 16.1. The Morgan fingerprint density at radius 3 is 0.639 bits per heavy atom. The Balaban J connectivity index is 4.97. The van der Waals surface area contributed by atoms with Crippen LogP contribution in [-0.2, 0) is 4.79 Å². The molecule has 0 aromatic carbocycles. The fraction of sp³-hybridized carbons (Fsp3) is 0.983. The standard InChI is InChI=1S/C60H120O/c1-5-9-13-17-21-25-29-31-33-36-39-43-47-51-55-58(54-50-46-42-38-28-24-20-16-12-8-4)59(60(61)57-53-49-45-41-35-27-23-19-15-11-7-3)56-52-48-44-40-37-34-32-30-26-22-18-14-10-6-2/h58-59H,5-57H2,1-4H3. The first kappa shape index (κ1) is 60.7. The lowest BCUT2D eigenvalue weighted by Crippen LogP contribution is -2.24. The average molecular weight is 858 g/mol. The smallest absolute Gasteiger partial charge is 0.136 e. The molecule has 2 unspecified atom stereocenters. The van der Waals surface area contributed by atoms with E-state index in [1.165, 1.54) is 327 Å². The lowest BCUT2D eigenvalue weighted by atomic mass is 9.77. The van der Waals surface area contributed by atoms with Gasteiger partial charge in [-0.1, -0.05) is 336 Å². The van der Waals surface area contributed by atoms with Crippen LogP contribution in [0, 0.1) is 11.8 Å². The van der Waals surface area contributed by atoms with Gasteiger partial charge in [-0.15, -0.1) is 0 Å². The fourth-order valence-electron chi connectivity index (χ4n) is 10.4. The van der Waals surface area contributed by atoms with E-state index in [-0.39, 0.29) is 0 Å². The van der Waals surface area contributed by atoms with Crippen molar-refractivity contribution in [1.82, 2.24) is 0 Å². The fourth-order valence-corrected chi connectivity index (χ4v) is 10.4. The van der Waals surface area contributed by atoms with Crippen molar-refractivity contribution >= 4 is 5.78 Å². The van der Waals surface area contributed by atoms with Crippen LogP contribution in [0.3, 0.4) is 0 Å². The minimum absolute atomic E-state index is 0.348. The predicted molar refractivity (Wildman–Crippen MR) is 279 cm³/mol. The zero-order valence-corrected chi connectivity index (χ0v) is 43.5. The third kappa shape index (κ3) is 47.5. The second-order valence-corrected chi connectivity index (χ2v) is 20.9. The van der Waals surface area contributed by atoms with Crippen LogP contribution < -0.4 is 0 Å². The number of rotatable bonds is 55. The summed E-state index contributed by atoms with van der Waals surface area (Å²) in [6, 6.07) is 0. The summed E-state index contributed by atoms with van der Waals surface area (Å²) in [5.41, 5.74) is 0. The van der Waals surface area contributed by atoms with Crippen molar-refractivity contribution in [3.63, 3.8) is 0 Å². The summed E-state index contributed by atoms with van der Waals surface area (Å²) in [5, 5.41) is 0. The van der Waals surface area contributed by atoms with Crippen molar-refractivity contribution in [1.29, 1.82) is 0 Å². The van der Waals surface area contributed by atoms with Gasteiger partial charge in [-0.2, -0.15) is 0 Å². The van der Waals surface area contributed by atoms with Crippen LogP contribution >= 0.6 is 0 Å². The van der Waals surface area contributed by atoms with Crippen molar-refractivity contribution in [2.75, 3.05) is 0 Å². The molecule has 0 N–H and O–H groups in total. The van der Waals surface area contributed by atoms with Crippen LogP contribution in [0.5, 0.6) is 0 Å². The third-order valence-corrected chi connectivity index (χ3v) is 14.7. The molecule has 0 radical (unpaired) electrons. The quantitative estimate of drug-likeness (QED) is 0.0557. The summed E-state index contributed by atoms with van der Waals surface area (Å²) < 4.78 is 0. The Kier molecular flexibility index (Phi) is 53.7. The number of carbonyl (C=O) groups excluding carboxylic acids is 1. The van der Waals surface area contributed by atoms with Gasteiger partial charge in [0.15, 0.2) is 0 Å². The van der Waals surface area contributed by atoms with E-state index >= 15 is 0 Å². The molecule has 0 aromatic rings. The van der Waals surface area contributed by atoms with Crippen molar-refractivity contribution in [2.45, 2.75) is 368 Å². The van der Waals surface area contributed by atoms with Crippen molar-refractivity contribution in [3.8, 4) is 0 Å². The Hall–Kier alpha value is -0.330. The normalized spacial score (nSPS) is 12.7. The number of hydrogen-bond donors (Lipinski definition) is 0. The minimum atomic E-state index is 0.348. The van der Waals surface area contributed by atoms with Gasteiger partial charge in [0, 0.05) is 12.3 Å². The van der Waals surface area contributed by atoms with Crippen molar-refractivity contribution in [3.05, 3.63) is 0 Å². The maximum absolute atomic E-state index is 14.2. The molecule has 0 aromatic heterocycles. The molecule has 0 amide bonds. The maximum Gasteiger partial charge on any atom is 0.136 e. The first-order valence-corrected chi connectivity index (χ1v) is 29.7. The molecule has 0 bridgehead atoms. The highest BCUT2D eigenvalue weighted by molar-refractivity contribution is 5.81. The first-order chi connectivity index (χ1) is 30.2. The Morgan fingerprint density at radius 2 is 0.410 bits per heavy atom. The van der Waals surface area contributed by atoms with Gasteiger partial charge in [0.2, 0.25) is 0 Å². The molecule has 1 nitrogen and oxygen atoms in total. The Labute approximate surface area is 388 Å². The lowest BCUT2D eigenvalue weighted by Gasteiger charge is -2.27. The Morgan fingerprint density at radius 1 is 0.230 bits per heavy atom. The summed E-state index contributed by atoms with van der Waals surface area (Å²) >= 11 is 0. The van der Waals surface area contributed by atoms with Gasteiger partial charge >= 0.3 is 0 Å². The highest BCUT2D eigenvalue weighted by Crippen LogP contribution is 2.32. The molecular weight excluding hydrogens is 737 g/mol. The molecule has 366 valence electrons. The number of unbranched alkanes of at least 4 members (excludes halogenated alkanes) is 45. The largest absolute Gasteiger partial charge is 0.299 e. The average Bonchev–Trinajstić information content (AvgIpc) is 3.27. The number of carbonyl (C=O) groups is 1. The summed E-state index contributed by atoms with van der Waals surface area (Å²) in [4.78, 5) is 14.2. The van der Waals surface area contributed by atoms with E-state index in [0.29, 0.717) is 17.6 Å². The Bertz CT molecular complexity index is 786. The van der Waals surface area contributed by atoms with Gasteiger partial charge in [0.25, 0.3) is 0 Å². The second-order valence-electron chi connectivity index (χ2n) is 20.9. The molecular formula is C60H120O. The van der Waals surface area contributed by atoms with Gasteiger partial charge < -0.3 is 0 Å². The maximum atomic E-state index is 14.2. The monoisotopic (exact) mass is 857 g/mol.